The van der Waals surface area contributed by atoms with Crippen LogP contribution < -0.4 is 5.69 Å². The van der Waals surface area contributed by atoms with Crippen LogP contribution in [0.3, 0.4) is 0 Å². The van der Waals surface area contributed by atoms with E-state index in [9.17, 15) is 9.59 Å². The maximum atomic E-state index is 13.3. The van der Waals surface area contributed by atoms with Gasteiger partial charge in [-0.2, -0.15) is 0 Å². The normalized spacial score (nSPS) is 14.8. The lowest BCUT2D eigenvalue weighted by molar-refractivity contribution is 0.0690. The average molecular weight is 450 g/mol. The van der Waals surface area contributed by atoms with Crippen molar-refractivity contribution >= 4 is 28.7 Å². The molecule has 32 heavy (non-hydrogen) atoms. The van der Waals surface area contributed by atoms with Crippen molar-refractivity contribution in [2.45, 2.75) is 36.6 Å². The number of carbonyl (C=O) groups excluding carboxylic acids is 1. The van der Waals surface area contributed by atoms with E-state index in [-0.39, 0.29) is 17.6 Å². The summed E-state index contributed by atoms with van der Waals surface area (Å²) >= 11 is 1.48. The molecule has 1 saturated heterocycles. The summed E-state index contributed by atoms with van der Waals surface area (Å²) in [6.07, 6.45) is 3.16. The van der Waals surface area contributed by atoms with Gasteiger partial charge in [0.1, 0.15) is 10.8 Å². The molecule has 0 atom stereocenters. The van der Waals surface area contributed by atoms with Crippen LogP contribution in [0.25, 0.3) is 11.0 Å². The second-order valence-corrected chi connectivity index (χ2v) is 8.88. The number of rotatable bonds is 5. The van der Waals surface area contributed by atoms with E-state index in [1.807, 2.05) is 52.8 Å². The van der Waals surface area contributed by atoms with E-state index in [1.165, 1.54) is 11.8 Å². The van der Waals surface area contributed by atoms with Crippen molar-refractivity contribution < 1.29 is 9.32 Å². The molecular weight excluding hydrogens is 426 g/mol. The van der Waals surface area contributed by atoms with Crippen molar-refractivity contribution in [2.24, 2.45) is 0 Å². The molecule has 0 unspecified atom stereocenters. The molecule has 1 N–H and O–H groups in total. The third-order valence-electron chi connectivity index (χ3n) is 5.78. The Bertz CT molecular complexity index is 1320. The number of nitrogens with one attached hydrogen (secondary N) is 1. The third kappa shape index (κ3) is 3.95. The fraction of sp³-hybridized carbons (Fsp3) is 0.304. The summed E-state index contributed by atoms with van der Waals surface area (Å²) in [6, 6.07) is 13.3. The van der Waals surface area contributed by atoms with Gasteiger partial charge in [-0.1, -0.05) is 29.1 Å². The van der Waals surface area contributed by atoms with E-state index in [0.29, 0.717) is 29.4 Å². The number of likely N-dealkylation sites (tertiary alicyclic amines) is 1. The quantitative estimate of drug-likeness (QED) is 0.466. The second-order valence-electron chi connectivity index (χ2n) is 7.91. The van der Waals surface area contributed by atoms with Crippen LogP contribution in [0, 0.1) is 6.92 Å². The molecule has 4 heterocycles. The Hall–Kier alpha value is -3.33. The number of imidazole rings is 1. The predicted octanol–water partition coefficient (Wildman–Crippen LogP) is 3.79. The Kier molecular flexibility index (Phi) is 5.57. The minimum absolute atomic E-state index is 0.0262. The van der Waals surface area contributed by atoms with E-state index in [1.54, 1.807) is 12.3 Å². The molecule has 1 aliphatic heterocycles. The molecule has 8 nitrogen and oxygen atoms in total. The largest absolute Gasteiger partial charge is 0.361 e. The third-order valence-corrected chi connectivity index (χ3v) is 6.81. The number of aryl methyl sites for hydroxylation is 1. The number of para-hydroxylation sites is 2. The molecule has 1 aliphatic rings. The summed E-state index contributed by atoms with van der Waals surface area (Å²) in [6.45, 7) is 3.04. The van der Waals surface area contributed by atoms with Gasteiger partial charge in [0.05, 0.1) is 22.3 Å². The van der Waals surface area contributed by atoms with Crippen molar-refractivity contribution in [3.63, 3.8) is 0 Å². The van der Waals surface area contributed by atoms with E-state index in [2.05, 4.69) is 15.1 Å². The van der Waals surface area contributed by atoms with Crippen molar-refractivity contribution in [1.82, 2.24) is 24.6 Å². The highest BCUT2D eigenvalue weighted by Gasteiger charge is 2.28. The molecule has 0 saturated carbocycles. The summed E-state index contributed by atoms with van der Waals surface area (Å²) in [4.78, 5) is 35.0. The van der Waals surface area contributed by atoms with Gasteiger partial charge in [-0.25, -0.2) is 9.78 Å². The van der Waals surface area contributed by atoms with Crippen LogP contribution in [0.2, 0.25) is 0 Å². The van der Waals surface area contributed by atoms with Gasteiger partial charge >= 0.3 is 5.69 Å². The van der Waals surface area contributed by atoms with Crippen molar-refractivity contribution in [1.29, 1.82) is 0 Å². The number of benzene rings is 1. The average Bonchev–Trinajstić information content (AvgIpc) is 3.39. The van der Waals surface area contributed by atoms with E-state index >= 15 is 0 Å². The van der Waals surface area contributed by atoms with Crippen molar-refractivity contribution in [2.75, 3.05) is 13.1 Å². The number of aromatic nitrogens is 4. The summed E-state index contributed by atoms with van der Waals surface area (Å²) in [7, 11) is 0. The monoisotopic (exact) mass is 449 g/mol. The lowest BCUT2D eigenvalue weighted by atomic mass is 10.0. The Morgan fingerprint density at radius 1 is 1.22 bits per heavy atom. The number of pyridine rings is 1. The van der Waals surface area contributed by atoms with E-state index in [4.69, 9.17) is 4.52 Å². The Morgan fingerprint density at radius 3 is 2.81 bits per heavy atom. The number of carbonyl (C=O) groups is 1. The number of hydrogen-bond donors (Lipinski definition) is 1. The van der Waals surface area contributed by atoms with Crippen LogP contribution in [-0.4, -0.2) is 43.6 Å². The van der Waals surface area contributed by atoms with Crippen molar-refractivity contribution in [3.05, 3.63) is 76.2 Å². The van der Waals surface area contributed by atoms with Gasteiger partial charge in [0.2, 0.25) is 0 Å². The minimum atomic E-state index is -0.0926. The molecule has 5 rings (SSSR count). The number of H-pyrrole nitrogens is 1. The number of hydrogen-bond acceptors (Lipinski definition) is 6. The van der Waals surface area contributed by atoms with Crippen molar-refractivity contribution in [3.8, 4) is 0 Å². The summed E-state index contributed by atoms with van der Waals surface area (Å²) in [5.41, 5.74) is 3.08. The van der Waals surface area contributed by atoms with Gasteiger partial charge in [0.25, 0.3) is 5.91 Å². The lowest BCUT2D eigenvalue weighted by Gasteiger charge is -2.32. The minimum Gasteiger partial charge on any atom is -0.361 e. The lowest BCUT2D eigenvalue weighted by Crippen LogP contribution is -2.40. The second kappa shape index (κ2) is 8.66. The zero-order valence-corrected chi connectivity index (χ0v) is 18.5. The zero-order valence-electron chi connectivity index (χ0n) is 17.7. The van der Waals surface area contributed by atoms with Gasteiger partial charge in [-0.3, -0.25) is 9.36 Å². The van der Waals surface area contributed by atoms with E-state index < -0.39 is 0 Å². The standard InChI is InChI=1S/C23H23N5O3S/c1-15-13-16(26-31-15)14-32-21-18(5-4-10-24-21)22(29)27-11-8-17(9-12-27)28-20-7-3-2-6-19(20)25-23(28)30/h2-7,10,13,17H,8-9,11-12,14H2,1H3,(H,25,30). The molecule has 3 aromatic heterocycles. The number of aromatic amines is 1. The fourth-order valence-corrected chi connectivity index (χ4v) is 5.10. The molecular formula is C23H23N5O3S. The fourth-order valence-electron chi connectivity index (χ4n) is 4.23. The van der Waals surface area contributed by atoms with Crippen LogP contribution in [0.15, 0.2) is 63.0 Å². The Morgan fingerprint density at radius 2 is 2.03 bits per heavy atom. The molecule has 0 radical (unpaired) electrons. The van der Waals surface area contributed by atoms with Gasteiger partial charge in [0, 0.05) is 37.1 Å². The highest BCUT2D eigenvalue weighted by molar-refractivity contribution is 7.98. The number of amides is 1. The zero-order chi connectivity index (χ0) is 22.1. The van der Waals surface area contributed by atoms with Crippen LogP contribution in [0.5, 0.6) is 0 Å². The molecule has 1 amide bonds. The maximum absolute atomic E-state index is 13.3. The number of thioether (sulfide) groups is 1. The van der Waals surface area contributed by atoms with Gasteiger partial charge in [-0.15, -0.1) is 0 Å². The first-order chi connectivity index (χ1) is 15.6. The number of fused-ring (bicyclic) bond motifs is 1. The Labute approximate surface area is 188 Å². The van der Waals surface area contributed by atoms with Crippen LogP contribution in [0.1, 0.15) is 40.7 Å². The summed E-state index contributed by atoms with van der Waals surface area (Å²) in [5.74, 6) is 1.32. The molecule has 9 heteroatoms. The summed E-state index contributed by atoms with van der Waals surface area (Å²) < 4.78 is 6.95. The number of nitrogens with zero attached hydrogens (tertiary/aromatic N) is 4. The highest BCUT2D eigenvalue weighted by atomic mass is 32.2. The number of piperidine rings is 1. The first-order valence-corrected chi connectivity index (χ1v) is 11.6. The SMILES string of the molecule is Cc1cc(CSc2ncccc2C(=O)N2CCC(n3c(=O)[nH]c4ccccc43)CC2)no1. The maximum Gasteiger partial charge on any atom is 0.326 e. The molecule has 0 spiro atoms. The van der Waals surface area contributed by atoms with Gasteiger partial charge in [-0.05, 0) is 44.0 Å². The molecule has 1 aromatic carbocycles. The first kappa shape index (κ1) is 20.6. The molecule has 1 fully saturated rings. The smallest absolute Gasteiger partial charge is 0.326 e. The summed E-state index contributed by atoms with van der Waals surface area (Å²) in [5, 5.41) is 4.70. The van der Waals surface area contributed by atoms with Crippen LogP contribution in [0.4, 0.5) is 0 Å². The van der Waals surface area contributed by atoms with Gasteiger partial charge in [0.15, 0.2) is 0 Å². The van der Waals surface area contributed by atoms with Crippen LogP contribution in [-0.2, 0) is 5.75 Å². The Balaban J connectivity index is 1.28. The van der Waals surface area contributed by atoms with Crippen LogP contribution >= 0.6 is 11.8 Å². The van der Waals surface area contributed by atoms with E-state index in [0.717, 1.165) is 35.3 Å². The predicted molar refractivity (Wildman–Crippen MR) is 122 cm³/mol. The molecule has 0 aliphatic carbocycles. The molecule has 164 valence electrons. The topological polar surface area (TPSA) is 97.0 Å². The molecule has 4 aromatic rings. The first-order valence-electron chi connectivity index (χ1n) is 10.6. The molecule has 0 bridgehead atoms. The highest BCUT2D eigenvalue weighted by Crippen LogP contribution is 2.28. The van der Waals surface area contributed by atoms with Gasteiger partial charge < -0.3 is 14.4 Å².